The van der Waals surface area contributed by atoms with Gasteiger partial charge in [-0.2, -0.15) is 0 Å². The minimum atomic E-state index is 0.149. The zero-order valence-electron chi connectivity index (χ0n) is 7.90. The van der Waals surface area contributed by atoms with Gasteiger partial charge in [-0.1, -0.05) is 13.8 Å². The van der Waals surface area contributed by atoms with Crippen molar-refractivity contribution >= 4 is 0 Å². The molecule has 12 heavy (non-hydrogen) atoms. The Hall–Kier alpha value is -0.160. The third-order valence-electron chi connectivity index (χ3n) is 2.52. The van der Waals surface area contributed by atoms with Gasteiger partial charge in [0.25, 0.3) is 0 Å². The summed E-state index contributed by atoms with van der Waals surface area (Å²) in [7, 11) is 0. The first-order valence-corrected chi connectivity index (χ1v) is 4.49. The molecule has 0 spiro atoms. The second-order valence-corrected chi connectivity index (χ2v) is 3.76. The summed E-state index contributed by atoms with van der Waals surface area (Å²) in [4.78, 5) is 2.08. The molecule has 4 heteroatoms. The zero-order chi connectivity index (χ0) is 9.14. The van der Waals surface area contributed by atoms with Gasteiger partial charge in [0.05, 0.1) is 6.73 Å². The quantitative estimate of drug-likeness (QED) is 0.550. The Morgan fingerprint density at radius 2 is 2.17 bits per heavy atom. The summed E-state index contributed by atoms with van der Waals surface area (Å²) < 4.78 is 0. The van der Waals surface area contributed by atoms with Gasteiger partial charge in [0.15, 0.2) is 0 Å². The lowest BCUT2D eigenvalue weighted by Gasteiger charge is -2.40. The van der Waals surface area contributed by atoms with Crippen molar-refractivity contribution in [1.29, 1.82) is 0 Å². The van der Waals surface area contributed by atoms with E-state index in [0.717, 1.165) is 19.6 Å². The van der Waals surface area contributed by atoms with Gasteiger partial charge in [0.2, 0.25) is 0 Å². The topological polar surface area (TPSA) is 52.7 Å². The molecule has 3 N–H and O–H groups in total. The van der Waals surface area contributed by atoms with Crippen LogP contribution in [0.25, 0.3) is 0 Å². The molecular formula is C8H19N3O. The number of hydrazine groups is 1. The van der Waals surface area contributed by atoms with Crippen molar-refractivity contribution in [3.63, 3.8) is 0 Å². The molecule has 0 saturated carbocycles. The molecule has 72 valence electrons. The minimum Gasteiger partial charge on any atom is -0.381 e. The van der Waals surface area contributed by atoms with E-state index in [1.54, 1.807) is 0 Å². The van der Waals surface area contributed by atoms with Gasteiger partial charge in [0.1, 0.15) is 0 Å². The molecule has 0 aromatic carbocycles. The van der Waals surface area contributed by atoms with Crippen LogP contribution in [-0.4, -0.2) is 47.4 Å². The van der Waals surface area contributed by atoms with Gasteiger partial charge in [-0.05, 0) is 5.92 Å². The van der Waals surface area contributed by atoms with Gasteiger partial charge in [-0.3, -0.25) is 10.7 Å². The molecule has 4 nitrogen and oxygen atoms in total. The van der Waals surface area contributed by atoms with Crippen LogP contribution in [0.15, 0.2) is 0 Å². The van der Waals surface area contributed by atoms with Gasteiger partial charge in [-0.15, -0.1) is 0 Å². The van der Waals surface area contributed by atoms with Gasteiger partial charge >= 0.3 is 0 Å². The van der Waals surface area contributed by atoms with E-state index in [2.05, 4.69) is 18.7 Å². The molecule has 1 aliphatic rings. The van der Waals surface area contributed by atoms with E-state index in [1.807, 2.05) is 5.01 Å². The highest BCUT2D eigenvalue weighted by Gasteiger charge is 2.26. The summed E-state index contributed by atoms with van der Waals surface area (Å²) in [5, 5.41) is 10.9. The first-order chi connectivity index (χ1) is 5.65. The van der Waals surface area contributed by atoms with E-state index in [4.69, 9.17) is 10.9 Å². The van der Waals surface area contributed by atoms with Crippen LogP contribution in [0.1, 0.15) is 13.8 Å². The number of aliphatic hydroxyl groups excluding tert-OH is 1. The third kappa shape index (κ3) is 2.17. The van der Waals surface area contributed by atoms with Gasteiger partial charge in [-0.25, -0.2) is 5.01 Å². The van der Waals surface area contributed by atoms with Crippen LogP contribution < -0.4 is 5.84 Å². The Balaban J connectivity index is 2.52. The molecule has 1 saturated heterocycles. The Bertz CT molecular complexity index is 140. The van der Waals surface area contributed by atoms with Crippen LogP contribution >= 0.6 is 0 Å². The maximum atomic E-state index is 9.06. The zero-order valence-corrected chi connectivity index (χ0v) is 7.90. The molecule has 0 aliphatic carbocycles. The first-order valence-electron chi connectivity index (χ1n) is 4.49. The lowest BCUT2D eigenvalue weighted by atomic mass is 10.0. The van der Waals surface area contributed by atoms with Crippen molar-refractivity contribution in [3.8, 4) is 0 Å². The molecule has 0 aromatic heterocycles. The molecule has 1 aliphatic heterocycles. The molecule has 0 aromatic rings. The number of rotatable bonds is 2. The average molecular weight is 173 g/mol. The van der Waals surface area contributed by atoms with E-state index in [0.29, 0.717) is 12.0 Å². The Labute approximate surface area is 73.9 Å². The Morgan fingerprint density at radius 3 is 2.67 bits per heavy atom. The standard InChI is InChI=1S/C8H19N3O/c1-7(2)8-5-11(9)4-3-10(8)6-12/h7-8,12H,3-6,9H2,1-2H3. The lowest BCUT2D eigenvalue weighted by Crippen LogP contribution is -2.57. The second kappa shape index (κ2) is 4.18. The molecule has 0 amide bonds. The van der Waals surface area contributed by atoms with Crippen molar-refractivity contribution in [2.45, 2.75) is 19.9 Å². The summed E-state index contributed by atoms with van der Waals surface area (Å²) in [6, 6.07) is 0.397. The van der Waals surface area contributed by atoms with E-state index < -0.39 is 0 Å². The molecule has 0 radical (unpaired) electrons. The second-order valence-electron chi connectivity index (χ2n) is 3.76. The summed E-state index contributed by atoms with van der Waals surface area (Å²) in [5.74, 6) is 6.25. The SMILES string of the molecule is CC(C)C1CN(N)CCN1CO. The Morgan fingerprint density at radius 1 is 1.50 bits per heavy atom. The van der Waals surface area contributed by atoms with Crippen LogP contribution in [0.5, 0.6) is 0 Å². The first kappa shape index (κ1) is 9.92. The van der Waals surface area contributed by atoms with Crippen LogP contribution in [-0.2, 0) is 0 Å². The molecule has 1 unspecified atom stereocenters. The van der Waals surface area contributed by atoms with Gasteiger partial charge < -0.3 is 5.11 Å². The predicted octanol–water partition coefficient (Wildman–Crippen LogP) is -0.548. The highest BCUT2D eigenvalue weighted by Crippen LogP contribution is 2.14. The maximum absolute atomic E-state index is 9.06. The summed E-state index contributed by atoms with van der Waals surface area (Å²) in [6.07, 6.45) is 0. The minimum absolute atomic E-state index is 0.149. The molecule has 0 bridgehead atoms. The Kier molecular flexibility index (Phi) is 3.46. The summed E-state index contributed by atoms with van der Waals surface area (Å²) in [6.45, 7) is 7.05. The number of hydrogen-bond acceptors (Lipinski definition) is 4. The fraction of sp³-hybridized carbons (Fsp3) is 1.00. The monoisotopic (exact) mass is 173 g/mol. The van der Waals surface area contributed by atoms with Crippen LogP contribution in [0.3, 0.4) is 0 Å². The molecule has 1 atom stereocenters. The van der Waals surface area contributed by atoms with Crippen LogP contribution in [0.4, 0.5) is 0 Å². The van der Waals surface area contributed by atoms with E-state index in [1.165, 1.54) is 0 Å². The highest BCUT2D eigenvalue weighted by molar-refractivity contribution is 4.80. The molecule has 1 heterocycles. The van der Waals surface area contributed by atoms with Crippen LogP contribution in [0.2, 0.25) is 0 Å². The summed E-state index contributed by atoms with van der Waals surface area (Å²) >= 11 is 0. The van der Waals surface area contributed by atoms with E-state index >= 15 is 0 Å². The summed E-state index contributed by atoms with van der Waals surface area (Å²) in [5.41, 5.74) is 0. The molecular weight excluding hydrogens is 154 g/mol. The number of hydrogen-bond donors (Lipinski definition) is 2. The molecule has 1 fully saturated rings. The average Bonchev–Trinajstić information content (AvgIpc) is 2.04. The fourth-order valence-electron chi connectivity index (χ4n) is 1.68. The number of nitrogens with zero attached hydrogens (tertiary/aromatic N) is 2. The third-order valence-corrected chi connectivity index (χ3v) is 2.52. The van der Waals surface area contributed by atoms with E-state index in [9.17, 15) is 0 Å². The number of piperazine rings is 1. The lowest BCUT2D eigenvalue weighted by molar-refractivity contribution is -0.00824. The number of nitrogens with two attached hydrogens (primary N) is 1. The van der Waals surface area contributed by atoms with Crippen molar-refractivity contribution in [1.82, 2.24) is 9.91 Å². The highest BCUT2D eigenvalue weighted by atomic mass is 16.3. The predicted molar refractivity (Wildman–Crippen MR) is 48.2 cm³/mol. The van der Waals surface area contributed by atoms with Crippen LogP contribution in [0, 0.1) is 5.92 Å². The largest absolute Gasteiger partial charge is 0.381 e. The molecule has 1 rings (SSSR count). The van der Waals surface area contributed by atoms with Crippen molar-refractivity contribution < 1.29 is 5.11 Å². The van der Waals surface area contributed by atoms with Crippen molar-refractivity contribution in [2.75, 3.05) is 26.4 Å². The van der Waals surface area contributed by atoms with Crippen molar-refractivity contribution in [2.24, 2.45) is 11.8 Å². The normalized spacial score (nSPS) is 28.2. The smallest absolute Gasteiger partial charge is 0.0959 e. The number of aliphatic hydroxyl groups is 1. The van der Waals surface area contributed by atoms with Crippen molar-refractivity contribution in [3.05, 3.63) is 0 Å². The maximum Gasteiger partial charge on any atom is 0.0959 e. The van der Waals surface area contributed by atoms with E-state index in [-0.39, 0.29) is 6.73 Å². The van der Waals surface area contributed by atoms with Gasteiger partial charge in [0, 0.05) is 25.7 Å². The fourth-order valence-corrected chi connectivity index (χ4v) is 1.68.